The smallest absolute Gasteiger partial charge is 0.404 e. The molecule has 0 saturated carbocycles. The summed E-state index contributed by atoms with van der Waals surface area (Å²) in [5, 5.41) is 0. The molecule has 1 aliphatic rings. The Balaban J connectivity index is 0.00000121. The highest BCUT2D eigenvalue weighted by Crippen LogP contribution is 2.12. The molecule has 1 fully saturated rings. The van der Waals surface area contributed by atoms with Gasteiger partial charge in [0.15, 0.2) is 0 Å². The Morgan fingerprint density at radius 3 is 2.83 bits per heavy atom. The minimum atomic E-state index is -0.690. The number of piperidine rings is 1. The molecule has 1 rings (SSSR count). The monoisotopic (exact) mass is 213 g/mol. The van der Waals surface area contributed by atoms with E-state index < -0.39 is 5.43 Å². The molecule has 1 saturated heterocycles. The Labute approximate surface area is 83.4 Å². The van der Waals surface area contributed by atoms with E-state index in [-0.39, 0.29) is 18.5 Å². The molecular formula is C7H13Cl2NO2. The molecule has 0 aromatic heterocycles. The molecule has 1 heterocycles. The fraction of sp³-hybridized carbons (Fsp3) is 0.857. The van der Waals surface area contributed by atoms with Gasteiger partial charge in [-0.1, -0.05) is 0 Å². The van der Waals surface area contributed by atoms with Crippen LogP contribution in [0.2, 0.25) is 0 Å². The van der Waals surface area contributed by atoms with Gasteiger partial charge in [-0.05, 0) is 26.4 Å². The van der Waals surface area contributed by atoms with Gasteiger partial charge in [-0.2, -0.15) is 0 Å². The molecule has 0 radical (unpaired) electrons. The second kappa shape index (κ2) is 5.62. The highest BCUT2D eigenvalue weighted by Gasteiger charge is 2.19. The molecule has 0 bridgehead atoms. The average Bonchev–Trinajstić information content (AvgIpc) is 1.85. The molecule has 0 aliphatic carbocycles. The zero-order valence-corrected chi connectivity index (χ0v) is 8.53. The molecule has 72 valence electrons. The van der Waals surface area contributed by atoms with E-state index in [4.69, 9.17) is 16.3 Å². The molecule has 0 N–H and O–H groups in total. The minimum Gasteiger partial charge on any atom is -0.449 e. The summed E-state index contributed by atoms with van der Waals surface area (Å²) in [4.78, 5) is 12.5. The van der Waals surface area contributed by atoms with Crippen LogP contribution in [0.15, 0.2) is 0 Å². The van der Waals surface area contributed by atoms with Crippen LogP contribution in [0.1, 0.15) is 12.8 Å². The van der Waals surface area contributed by atoms with Crippen LogP contribution in [0.25, 0.3) is 0 Å². The Hall–Kier alpha value is 0.01000. The van der Waals surface area contributed by atoms with Crippen LogP contribution in [0.5, 0.6) is 0 Å². The van der Waals surface area contributed by atoms with Crippen LogP contribution in [0, 0.1) is 0 Å². The normalized spacial score (nSPS) is 24.3. The third-order valence-electron chi connectivity index (χ3n) is 1.84. The van der Waals surface area contributed by atoms with E-state index >= 15 is 0 Å². The third-order valence-corrected chi connectivity index (χ3v) is 1.93. The molecule has 0 aromatic rings. The van der Waals surface area contributed by atoms with Crippen molar-refractivity contribution in [2.24, 2.45) is 0 Å². The number of carbonyl (C=O) groups is 1. The SMILES string of the molecule is CN1CCCC(OC(=O)Cl)C1.Cl. The van der Waals surface area contributed by atoms with E-state index in [0.717, 1.165) is 25.9 Å². The van der Waals surface area contributed by atoms with Crippen LogP contribution in [0.4, 0.5) is 4.79 Å². The lowest BCUT2D eigenvalue weighted by atomic mass is 10.1. The summed E-state index contributed by atoms with van der Waals surface area (Å²) in [5.41, 5.74) is -0.690. The first kappa shape index (κ1) is 12.0. The van der Waals surface area contributed by atoms with Crippen molar-refractivity contribution < 1.29 is 9.53 Å². The van der Waals surface area contributed by atoms with Gasteiger partial charge in [0.05, 0.1) is 0 Å². The molecule has 0 spiro atoms. The van der Waals surface area contributed by atoms with Gasteiger partial charge in [-0.3, -0.25) is 0 Å². The number of nitrogens with zero attached hydrogens (tertiary/aromatic N) is 1. The summed E-state index contributed by atoms with van der Waals surface area (Å²) >= 11 is 5.08. The minimum absolute atomic E-state index is 0. The van der Waals surface area contributed by atoms with Crippen LogP contribution in [0.3, 0.4) is 0 Å². The van der Waals surface area contributed by atoms with Crippen LogP contribution in [-0.4, -0.2) is 36.6 Å². The van der Waals surface area contributed by atoms with Crippen molar-refractivity contribution in [2.75, 3.05) is 20.1 Å². The summed E-state index contributed by atoms with van der Waals surface area (Å²) in [5.74, 6) is 0. The van der Waals surface area contributed by atoms with Gasteiger partial charge in [0.1, 0.15) is 6.10 Å². The van der Waals surface area contributed by atoms with E-state index in [0.29, 0.717) is 0 Å². The fourth-order valence-electron chi connectivity index (χ4n) is 1.35. The maximum absolute atomic E-state index is 10.3. The second-order valence-electron chi connectivity index (χ2n) is 2.88. The molecule has 1 unspecified atom stereocenters. The van der Waals surface area contributed by atoms with Crippen LogP contribution < -0.4 is 0 Å². The van der Waals surface area contributed by atoms with Crippen molar-refractivity contribution in [3.63, 3.8) is 0 Å². The van der Waals surface area contributed by atoms with Crippen molar-refractivity contribution in [3.05, 3.63) is 0 Å². The molecular weight excluding hydrogens is 201 g/mol. The highest BCUT2D eigenvalue weighted by molar-refractivity contribution is 6.61. The maximum Gasteiger partial charge on any atom is 0.404 e. The predicted octanol–water partition coefficient (Wildman–Crippen LogP) is 1.88. The molecule has 0 aromatic carbocycles. The standard InChI is InChI=1S/C7H12ClNO2.ClH/c1-9-4-2-3-6(5-9)11-7(8)10;/h6H,2-5H2,1H3;1H. The molecule has 3 nitrogen and oxygen atoms in total. The number of likely N-dealkylation sites (N-methyl/N-ethyl adjacent to an activating group) is 1. The first-order chi connectivity index (χ1) is 5.18. The summed E-state index contributed by atoms with van der Waals surface area (Å²) in [6.07, 6.45) is 2.01. The van der Waals surface area contributed by atoms with Crippen molar-refractivity contribution in [2.45, 2.75) is 18.9 Å². The van der Waals surface area contributed by atoms with E-state index in [2.05, 4.69) is 4.90 Å². The predicted molar refractivity (Wildman–Crippen MR) is 50.1 cm³/mol. The van der Waals surface area contributed by atoms with E-state index in [1.807, 2.05) is 7.05 Å². The zero-order valence-electron chi connectivity index (χ0n) is 6.96. The van der Waals surface area contributed by atoms with Gasteiger partial charge >= 0.3 is 5.43 Å². The van der Waals surface area contributed by atoms with Gasteiger partial charge in [0.25, 0.3) is 0 Å². The van der Waals surface area contributed by atoms with Gasteiger partial charge in [-0.25, -0.2) is 4.79 Å². The number of hydrogen-bond acceptors (Lipinski definition) is 3. The summed E-state index contributed by atoms with van der Waals surface area (Å²) < 4.78 is 4.85. The van der Waals surface area contributed by atoms with Crippen LogP contribution in [-0.2, 0) is 4.74 Å². The number of rotatable bonds is 1. The fourth-order valence-corrected chi connectivity index (χ4v) is 1.47. The molecule has 12 heavy (non-hydrogen) atoms. The molecule has 5 heteroatoms. The van der Waals surface area contributed by atoms with Crippen molar-refractivity contribution in [1.82, 2.24) is 4.90 Å². The van der Waals surface area contributed by atoms with Crippen LogP contribution >= 0.6 is 24.0 Å². The van der Waals surface area contributed by atoms with Crippen molar-refractivity contribution >= 4 is 29.4 Å². The number of ether oxygens (including phenoxy) is 1. The Morgan fingerprint density at radius 1 is 1.67 bits per heavy atom. The van der Waals surface area contributed by atoms with Gasteiger partial charge < -0.3 is 9.64 Å². The Kier molecular flexibility index (Phi) is 5.63. The van der Waals surface area contributed by atoms with Gasteiger partial charge in [-0.15, -0.1) is 12.4 Å². The number of hydrogen-bond donors (Lipinski definition) is 0. The average molecular weight is 214 g/mol. The maximum atomic E-state index is 10.3. The highest BCUT2D eigenvalue weighted by atomic mass is 35.5. The quantitative estimate of drug-likeness (QED) is 0.624. The third kappa shape index (κ3) is 4.14. The summed E-state index contributed by atoms with van der Waals surface area (Å²) in [7, 11) is 2.01. The first-order valence-corrected chi connectivity index (χ1v) is 4.11. The number of likely N-dealkylation sites (tertiary alicyclic amines) is 1. The molecule has 1 aliphatic heterocycles. The zero-order chi connectivity index (χ0) is 8.27. The summed E-state index contributed by atoms with van der Waals surface area (Å²) in [6.45, 7) is 1.88. The number of halogens is 2. The van der Waals surface area contributed by atoms with E-state index in [9.17, 15) is 4.79 Å². The largest absolute Gasteiger partial charge is 0.449 e. The molecule has 1 atom stereocenters. The topological polar surface area (TPSA) is 29.5 Å². The Morgan fingerprint density at radius 2 is 2.33 bits per heavy atom. The van der Waals surface area contributed by atoms with Crippen molar-refractivity contribution in [1.29, 1.82) is 0 Å². The first-order valence-electron chi connectivity index (χ1n) is 3.73. The van der Waals surface area contributed by atoms with Crippen molar-refractivity contribution in [3.8, 4) is 0 Å². The van der Waals surface area contributed by atoms with Gasteiger partial charge in [0.2, 0.25) is 0 Å². The number of carbonyl (C=O) groups excluding carboxylic acids is 1. The molecule has 0 amide bonds. The lowest BCUT2D eigenvalue weighted by molar-refractivity contribution is 0.0661. The van der Waals surface area contributed by atoms with E-state index in [1.54, 1.807) is 0 Å². The lowest BCUT2D eigenvalue weighted by Gasteiger charge is -2.28. The van der Waals surface area contributed by atoms with Gasteiger partial charge in [0, 0.05) is 18.1 Å². The Bertz CT molecular complexity index is 154. The summed E-state index contributed by atoms with van der Waals surface area (Å²) in [6, 6.07) is 0. The second-order valence-corrected chi connectivity index (χ2v) is 3.19. The van der Waals surface area contributed by atoms with E-state index in [1.165, 1.54) is 0 Å². The lowest BCUT2D eigenvalue weighted by Crippen LogP contribution is -2.37.